The van der Waals surface area contributed by atoms with Crippen LogP contribution < -0.4 is 0 Å². The van der Waals surface area contributed by atoms with Crippen molar-refractivity contribution in [2.75, 3.05) is 20.2 Å². The predicted octanol–water partition coefficient (Wildman–Crippen LogP) is 3.47. The molecule has 1 amide bonds. The number of halogens is 2. The molecule has 3 rings (SSSR count). The molecule has 138 valence electrons. The molecule has 8 heteroatoms. The largest absolute Gasteiger partial charge is 0.469 e. The van der Waals surface area contributed by atoms with Crippen molar-refractivity contribution in [2.24, 2.45) is 5.92 Å². The molecule has 1 aliphatic rings. The number of carbonyl (C=O) groups excluding carboxylic acids is 2. The second kappa shape index (κ2) is 7.45. The van der Waals surface area contributed by atoms with Gasteiger partial charge in [0.1, 0.15) is 22.8 Å². The Kier molecular flexibility index (Phi) is 5.27. The number of hydrogen-bond donors (Lipinski definition) is 0. The van der Waals surface area contributed by atoms with Crippen molar-refractivity contribution in [1.29, 1.82) is 0 Å². The van der Waals surface area contributed by atoms with E-state index < -0.39 is 5.82 Å². The minimum absolute atomic E-state index is 0.0406. The van der Waals surface area contributed by atoms with E-state index in [1.165, 1.54) is 25.3 Å². The third-order valence-electron chi connectivity index (χ3n) is 4.59. The molecule has 0 N–H and O–H groups in total. The van der Waals surface area contributed by atoms with E-state index in [1.54, 1.807) is 11.8 Å². The molecule has 0 radical (unpaired) electrons. The number of aromatic nitrogens is 1. The molecular formula is C18H18ClFN2O4. The van der Waals surface area contributed by atoms with Crippen molar-refractivity contribution in [1.82, 2.24) is 10.1 Å². The average Bonchev–Trinajstić information content (AvgIpc) is 3.01. The van der Waals surface area contributed by atoms with Crippen LogP contribution >= 0.6 is 11.6 Å². The fourth-order valence-corrected chi connectivity index (χ4v) is 3.41. The van der Waals surface area contributed by atoms with Crippen LogP contribution in [0.3, 0.4) is 0 Å². The number of esters is 1. The van der Waals surface area contributed by atoms with Gasteiger partial charge in [0, 0.05) is 13.1 Å². The minimum atomic E-state index is -0.579. The number of rotatable bonds is 3. The van der Waals surface area contributed by atoms with Gasteiger partial charge >= 0.3 is 5.97 Å². The summed E-state index contributed by atoms with van der Waals surface area (Å²) in [6, 6.07) is 4.26. The molecule has 26 heavy (non-hydrogen) atoms. The zero-order valence-corrected chi connectivity index (χ0v) is 15.2. The highest BCUT2D eigenvalue weighted by molar-refractivity contribution is 6.33. The summed E-state index contributed by atoms with van der Waals surface area (Å²) in [6.45, 7) is 2.39. The molecule has 1 fully saturated rings. The molecule has 2 heterocycles. The SMILES string of the molecule is COC(=O)C1CCN(C(=O)c2c(-c3c(F)cccc3Cl)noc2C)CC1. The van der Waals surface area contributed by atoms with Gasteiger partial charge in [-0.3, -0.25) is 9.59 Å². The number of methoxy groups -OCH3 is 1. The van der Waals surface area contributed by atoms with Gasteiger partial charge in [0.2, 0.25) is 0 Å². The fourth-order valence-electron chi connectivity index (χ4n) is 3.16. The molecule has 0 spiro atoms. The van der Waals surface area contributed by atoms with Crippen LogP contribution in [-0.2, 0) is 9.53 Å². The molecule has 1 aliphatic heterocycles. The first kappa shape index (κ1) is 18.4. The summed E-state index contributed by atoms with van der Waals surface area (Å²) >= 11 is 6.11. The average molecular weight is 381 g/mol. The Labute approximate surface area is 154 Å². The summed E-state index contributed by atoms with van der Waals surface area (Å²) in [4.78, 5) is 26.2. The molecule has 1 aromatic heterocycles. The minimum Gasteiger partial charge on any atom is -0.469 e. The van der Waals surface area contributed by atoms with Crippen molar-refractivity contribution in [2.45, 2.75) is 19.8 Å². The van der Waals surface area contributed by atoms with E-state index in [4.69, 9.17) is 20.9 Å². The van der Waals surface area contributed by atoms with Gasteiger partial charge in [0.15, 0.2) is 0 Å². The number of aryl methyl sites for hydroxylation is 1. The Balaban J connectivity index is 1.88. The Morgan fingerprint density at radius 3 is 2.65 bits per heavy atom. The Morgan fingerprint density at radius 2 is 2.04 bits per heavy atom. The van der Waals surface area contributed by atoms with Crippen LogP contribution in [0.25, 0.3) is 11.3 Å². The maximum absolute atomic E-state index is 14.3. The zero-order chi connectivity index (χ0) is 18.8. The number of amides is 1. The molecule has 6 nitrogen and oxygen atoms in total. The summed E-state index contributed by atoms with van der Waals surface area (Å²) in [6.07, 6.45) is 1.02. The molecule has 1 saturated heterocycles. The van der Waals surface area contributed by atoms with E-state index in [0.717, 1.165) is 0 Å². The normalized spacial score (nSPS) is 15.2. The second-order valence-electron chi connectivity index (χ2n) is 6.15. The van der Waals surface area contributed by atoms with Gasteiger partial charge in [0.05, 0.1) is 23.6 Å². The maximum Gasteiger partial charge on any atom is 0.308 e. The lowest BCUT2D eigenvalue weighted by molar-refractivity contribution is -0.146. The van der Waals surface area contributed by atoms with Gasteiger partial charge in [-0.2, -0.15) is 0 Å². The fraction of sp³-hybridized carbons (Fsp3) is 0.389. The highest BCUT2D eigenvalue weighted by Crippen LogP contribution is 2.34. The third kappa shape index (κ3) is 3.31. The summed E-state index contributed by atoms with van der Waals surface area (Å²) in [5.41, 5.74) is 0.318. The molecular weight excluding hydrogens is 363 g/mol. The van der Waals surface area contributed by atoms with Crippen LogP contribution in [0.4, 0.5) is 4.39 Å². The van der Waals surface area contributed by atoms with Crippen molar-refractivity contribution in [3.63, 3.8) is 0 Å². The standard InChI is InChI=1S/C18H18ClFN2O4/c1-10-14(16(21-26-10)15-12(19)4-3-5-13(15)20)17(23)22-8-6-11(7-9-22)18(24)25-2/h3-5,11H,6-9H2,1-2H3. The lowest BCUT2D eigenvalue weighted by Gasteiger charge is -2.30. The molecule has 0 saturated carbocycles. The number of carbonyl (C=O) groups is 2. The number of hydrogen-bond acceptors (Lipinski definition) is 5. The van der Waals surface area contributed by atoms with Crippen molar-refractivity contribution in [3.05, 3.63) is 40.4 Å². The molecule has 2 aromatic rings. The quantitative estimate of drug-likeness (QED) is 0.762. The van der Waals surface area contributed by atoms with Crippen LogP contribution in [0, 0.1) is 18.7 Å². The number of ether oxygens (including phenoxy) is 1. The van der Waals surface area contributed by atoms with E-state index in [2.05, 4.69) is 5.16 Å². The smallest absolute Gasteiger partial charge is 0.308 e. The molecule has 0 bridgehead atoms. The highest BCUT2D eigenvalue weighted by Gasteiger charge is 2.32. The summed E-state index contributed by atoms with van der Waals surface area (Å²) < 4.78 is 24.2. The van der Waals surface area contributed by atoms with Crippen LogP contribution in [-0.4, -0.2) is 42.1 Å². The molecule has 0 aliphatic carbocycles. The van der Waals surface area contributed by atoms with Crippen molar-refractivity contribution >= 4 is 23.5 Å². The van der Waals surface area contributed by atoms with E-state index in [0.29, 0.717) is 31.7 Å². The Hall–Kier alpha value is -2.41. The first-order valence-electron chi connectivity index (χ1n) is 8.21. The number of piperidine rings is 1. The Bertz CT molecular complexity index is 823. The van der Waals surface area contributed by atoms with Crippen LogP contribution in [0.1, 0.15) is 29.0 Å². The van der Waals surface area contributed by atoms with Crippen molar-refractivity contribution in [3.8, 4) is 11.3 Å². The number of benzene rings is 1. The summed E-state index contributed by atoms with van der Waals surface area (Å²) in [5, 5.41) is 4.01. The summed E-state index contributed by atoms with van der Waals surface area (Å²) in [5.74, 6) is -1.09. The van der Waals surface area contributed by atoms with Crippen LogP contribution in [0.2, 0.25) is 5.02 Å². The van der Waals surface area contributed by atoms with Gasteiger partial charge in [-0.25, -0.2) is 4.39 Å². The Morgan fingerprint density at radius 1 is 1.35 bits per heavy atom. The van der Waals surface area contributed by atoms with Crippen LogP contribution in [0.5, 0.6) is 0 Å². The number of likely N-dealkylation sites (tertiary alicyclic amines) is 1. The molecule has 0 unspecified atom stereocenters. The van der Waals surface area contributed by atoms with E-state index in [9.17, 15) is 14.0 Å². The first-order valence-corrected chi connectivity index (χ1v) is 8.59. The van der Waals surface area contributed by atoms with Gasteiger partial charge in [-0.05, 0) is 31.9 Å². The number of nitrogens with zero attached hydrogens (tertiary/aromatic N) is 2. The first-order chi connectivity index (χ1) is 12.4. The lowest BCUT2D eigenvalue weighted by Crippen LogP contribution is -2.40. The van der Waals surface area contributed by atoms with Crippen molar-refractivity contribution < 1.29 is 23.2 Å². The van der Waals surface area contributed by atoms with E-state index in [1.807, 2.05) is 0 Å². The van der Waals surface area contributed by atoms with E-state index in [-0.39, 0.29) is 39.6 Å². The van der Waals surface area contributed by atoms with Gasteiger partial charge in [0.25, 0.3) is 5.91 Å². The predicted molar refractivity (Wildman–Crippen MR) is 92.3 cm³/mol. The monoisotopic (exact) mass is 380 g/mol. The third-order valence-corrected chi connectivity index (χ3v) is 4.91. The molecule has 0 atom stereocenters. The highest BCUT2D eigenvalue weighted by atomic mass is 35.5. The molecule has 1 aromatic carbocycles. The van der Waals surface area contributed by atoms with Gasteiger partial charge in [-0.15, -0.1) is 0 Å². The van der Waals surface area contributed by atoms with Gasteiger partial charge in [-0.1, -0.05) is 22.8 Å². The second-order valence-corrected chi connectivity index (χ2v) is 6.56. The lowest BCUT2D eigenvalue weighted by atomic mass is 9.96. The van der Waals surface area contributed by atoms with E-state index >= 15 is 0 Å². The summed E-state index contributed by atoms with van der Waals surface area (Å²) in [7, 11) is 1.35. The topological polar surface area (TPSA) is 72.6 Å². The zero-order valence-electron chi connectivity index (χ0n) is 14.4. The maximum atomic E-state index is 14.3. The van der Waals surface area contributed by atoms with Crippen LogP contribution in [0.15, 0.2) is 22.7 Å². The van der Waals surface area contributed by atoms with Gasteiger partial charge < -0.3 is 14.2 Å².